The van der Waals surface area contributed by atoms with Crippen molar-refractivity contribution in [2.24, 2.45) is 0 Å². The van der Waals surface area contributed by atoms with Gasteiger partial charge in [0.1, 0.15) is 0 Å². The van der Waals surface area contributed by atoms with Crippen LogP contribution >= 0.6 is 0 Å². The molecule has 0 aromatic carbocycles. The first-order valence-electron chi connectivity index (χ1n) is 2.75. The van der Waals surface area contributed by atoms with E-state index in [2.05, 4.69) is 0 Å². The summed E-state index contributed by atoms with van der Waals surface area (Å²) in [4.78, 5) is 0. The van der Waals surface area contributed by atoms with Crippen LogP contribution in [0.2, 0.25) is 0 Å². The van der Waals surface area contributed by atoms with E-state index in [4.69, 9.17) is 0 Å². The van der Waals surface area contributed by atoms with Crippen LogP contribution in [0.25, 0.3) is 0 Å². The molecule has 8 heavy (non-hydrogen) atoms. The van der Waals surface area contributed by atoms with E-state index in [1.54, 1.807) is 6.08 Å². The van der Waals surface area contributed by atoms with Gasteiger partial charge in [-0.25, -0.2) is 0 Å². The Kier molecular flexibility index (Phi) is 4.72. The Hall–Kier alpha value is 0.540. The Bertz CT molecular complexity index is 88.5. The summed E-state index contributed by atoms with van der Waals surface area (Å²) in [5.41, 5.74) is 0. The van der Waals surface area contributed by atoms with Crippen molar-refractivity contribution in [3.63, 3.8) is 0 Å². The first-order valence-corrected chi connectivity index (χ1v) is 2.75. The molecule has 0 unspecified atom stereocenters. The molecule has 1 nitrogen and oxygen atoms in total. The van der Waals surface area contributed by atoms with Gasteiger partial charge in [-0.15, -0.1) is 5.76 Å². The van der Waals surface area contributed by atoms with Crippen molar-refractivity contribution in [3.05, 3.63) is 11.8 Å². The van der Waals surface area contributed by atoms with Crippen molar-refractivity contribution in [3.8, 4) is 0 Å². The van der Waals surface area contributed by atoms with Crippen molar-refractivity contribution in [2.45, 2.75) is 25.7 Å². The molecule has 0 bridgehead atoms. The molecule has 0 amide bonds. The molecule has 0 radical (unpaired) electrons. The normalized spacial score (nSPS) is 18.8. The van der Waals surface area contributed by atoms with Crippen molar-refractivity contribution >= 4 is 0 Å². The van der Waals surface area contributed by atoms with Gasteiger partial charge in [0.05, 0.1) is 0 Å². The predicted molar refractivity (Wildman–Crippen MR) is 26.6 cm³/mol. The van der Waals surface area contributed by atoms with Crippen LogP contribution in [-0.4, -0.2) is 0 Å². The molecule has 0 fully saturated rings. The Labute approximate surface area is 72.1 Å². The minimum Gasteiger partial charge on any atom is -0.876 e. The molecule has 40 valence electrons. The maximum atomic E-state index is 10.4. The van der Waals surface area contributed by atoms with E-state index in [0.717, 1.165) is 19.3 Å². The van der Waals surface area contributed by atoms with Crippen LogP contribution in [0, 0.1) is 0 Å². The number of rotatable bonds is 0. The SMILES string of the molecule is [Na+].[O-]C1=CCCCC1. The minimum absolute atomic E-state index is 0. The summed E-state index contributed by atoms with van der Waals surface area (Å²) in [6.45, 7) is 0. The number of hydrogen-bond donors (Lipinski definition) is 0. The monoisotopic (exact) mass is 120 g/mol. The molecule has 1 rings (SSSR count). The molecular weight excluding hydrogens is 111 g/mol. The van der Waals surface area contributed by atoms with Gasteiger partial charge in [0.15, 0.2) is 0 Å². The number of hydrogen-bond acceptors (Lipinski definition) is 1. The Morgan fingerprint density at radius 3 is 2.38 bits per heavy atom. The zero-order valence-electron chi connectivity index (χ0n) is 5.31. The fourth-order valence-corrected chi connectivity index (χ4v) is 0.809. The summed E-state index contributed by atoms with van der Waals surface area (Å²) in [6, 6.07) is 0. The van der Waals surface area contributed by atoms with Crippen LogP contribution in [-0.2, 0) is 0 Å². The van der Waals surface area contributed by atoms with E-state index >= 15 is 0 Å². The van der Waals surface area contributed by atoms with Crippen molar-refractivity contribution < 1.29 is 34.7 Å². The van der Waals surface area contributed by atoms with Gasteiger partial charge in [0, 0.05) is 0 Å². The third-order valence-electron chi connectivity index (χ3n) is 1.25. The van der Waals surface area contributed by atoms with Crippen molar-refractivity contribution in [1.82, 2.24) is 0 Å². The molecule has 0 spiro atoms. The van der Waals surface area contributed by atoms with Gasteiger partial charge in [-0.3, -0.25) is 0 Å². The third kappa shape index (κ3) is 2.75. The van der Waals surface area contributed by atoms with E-state index in [9.17, 15) is 5.11 Å². The van der Waals surface area contributed by atoms with E-state index in [1.807, 2.05) is 0 Å². The van der Waals surface area contributed by atoms with Crippen LogP contribution in [0.5, 0.6) is 0 Å². The van der Waals surface area contributed by atoms with Crippen LogP contribution in [0.3, 0.4) is 0 Å². The summed E-state index contributed by atoms with van der Waals surface area (Å²) in [5, 5.41) is 10.4. The van der Waals surface area contributed by atoms with Gasteiger partial charge in [-0.2, -0.15) is 0 Å². The van der Waals surface area contributed by atoms with Crippen LogP contribution in [0.1, 0.15) is 25.7 Å². The second kappa shape index (κ2) is 4.42. The van der Waals surface area contributed by atoms with Gasteiger partial charge in [0.2, 0.25) is 0 Å². The molecular formula is C6H9NaO. The minimum atomic E-state index is 0. The fraction of sp³-hybridized carbons (Fsp3) is 0.667. The average molecular weight is 120 g/mol. The molecule has 1 aliphatic rings. The molecule has 0 N–H and O–H groups in total. The Morgan fingerprint density at radius 1 is 1.38 bits per heavy atom. The molecule has 0 saturated heterocycles. The van der Waals surface area contributed by atoms with E-state index in [1.165, 1.54) is 6.42 Å². The van der Waals surface area contributed by atoms with E-state index < -0.39 is 0 Å². The quantitative estimate of drug-likeness (QED) is 0.333. The zero-order valence-corrected chi connectivity index (χ0v) is 7.31. The average Bonchev–Trinajstić information content (AvgIpc) is 1.69. The van der Waals surface area contributed by atoms with Gasteiger partial charge < -0.3 is 5.11 Å². The summed E-state index contributed by atoms with van der Waals surface area (Å²) < 4.78 is 0. The smallest absolute Gasteiger partial charge is 0.876 e. The summed E-state index contributed by atoms with van der Waals surface area (Å²) in [5.74, 6) is 0.339. The Morgan fingerprint density at radius 2 is 2.12 bits per heavy atom. The summed E-state index contributed by atoms with van der Waals surface area (Å²) >= 11 is 0. The predicted octanol–water partition coefficient (Wildman–Crippen LogP) is -2.19. The van der Waals surface area contributed by atoms with E-state index in [0.29, 0.717) is 5.76 Å². The second-order valence-electron chi connectivity index (χ2n) is 1.92. The van der Waals surface area contributed by atoms with Gasteiger partial charge in [-0.05, 0) is 19.3 Å². The molecule has 0 atom stereocenters. The first kappa shape index (κ1) is 8.54. The van der Waals surface area contributed by atoms with Crippen LogP contribution in [0.4, 0.5) is 0 Å². The fourth-order valence-electron chi connectivity index (χ4n) is 0.809. The second-order valence-corrected chi connectivity index (χ2v) is 1.92. The van der Waals surface area contributed by atoms with Gasteiger partial charge in [-0.1, -0.05) is 12.5 Å². The molecule has 0 heterocycles. The molecule has 0 aromatic rings. The number of allylic oxidation sites excluding steroid dienone is 2. The maximum Gasteiger partial charge on any atom is 1.00 e. The maximum absolute atomic E-state index is 10.4. The largest absolute Gasteiger partial charge is 1.00 e. The Balaban J connectivity index is 0.000000490. The topological polar surface area (TPSA) is 23.1 Å². The third-order valence-corrected chi connectivity index (χ3v) is 1.25. The van der Waals surface area contributed by atoms with Crippen LogP contribution < -0.4 is 34.7 Å². The van der Waals surface area contributed by atoms with Gasteiger partial charge in [0.25, 0.3) is 0 Å². The summed E-state index contributed by atoms with van der Waals surface area (Å²) in [6.07, 6.45) is 5.92. The van der Waals surface area contributed by atoms with Gasteiger partial charge >= 0.3 is 29.6 Å². The molecule has 1 aliphatic carbocycles. The van der Waals surface area contributed by atoms with E-state index in [-0.39, 0.29) is 29.6 Å². The van der Waals surface area contributed by atoms with Crippen molar-refractivity contribution in [1.29, 1.82) is 0 Å². The first-order chi connectivity index (χ1) is 3.39. The standard InChI is InChI=1S/C6H10O.Na/c7-6-4-2-1-3-5-6;/h4,7H,1-3,5H2;/q;+1/p-1. The molecule has 0 saturated carbocycles. The van der Waals surface area contributed by atoms with Crippen LogP contribution in [0.15, 0.2) is 11.8 Å². The molecule has 0 aromatic heterocycles. The molecule has 2 heteroatoms. The summed E-state index contributed by atoms with van der Waals surface area (Å²) in [7, 11) is 0. The van der Waals surface area contributed by atoms with Crippen molar-refractivity contribution in [2.75, 3.05) is 0 Å². The zero-order chi connectivity index (χ0) is 5.11. The molecule has 0 aliphatic heterocycles.